The first-order valence-electron chi connectivity index (χ1n) is 6.66. The van der Waals surface area contributed by atoms with Crippen LogP contribution >= 0.6 is 11.8 Å². The first kappa shape index (κ1) is 15.0. The van der Waals surface area contributed by atoms with Gasteiger partial charge in [-0.25, -0.2) is 0 Å². The van der Waals surface area contributed by atoms with Crippen molar-refractivity contribution in [1.29, 1.82) is 0 Å². The van der Waals surface area contributed by atoms with Crippen molar-refractivity contribution in [2.75, 3.05) is 18.8 Å². The van der Waals surface area contributed by atoms with Crippen LogP contribution in [0.25, 0.3) is 5.69 Å². The van der Waals surface area contributed by atoms with Crippen molar-refractivity contribution in [1.82, 2.24) is 25.5 Å². The predicted molar refractivity (Wildman–Crippen MR) is 79.0 cm³/mol. The Bertz CT molecular complexity index is 504. The molecule has 7 heteroatoms. The van der Waals surface area contributed by atoms with Crippen molar-refractivity contribution in [3.8, 4) is 5.69 Å². The quantitative estimate of drug-likeness (QED) is 0.561. The highest BCUT2D eigenvalue weighted by molar-refractivity contribution is 7.99. The van der Waals surface area contributed by atoms with E-state index in [0.29, 0.717) is 17.5 Å². The molecule has 2 aromatic rings. The maximum absolute atomic E-state index is 9.87. The number of benzene rings is 1. The van der Waals surface area contributed by atoms with Gasteiger partial charge in [0.2, 0.25) is 5.16 Å². The van der Waals surface area contributed by atoms with Crippen molar-refractivity contribution in [2.24, 2.45) is 0 Å². The number of hydrogen-bond acceptors (Lipinski definition) is 6. The lowest BCUT2D eigenvalue weighted by Crippen LogP contribution is -2.29. The molecule has 0 amide bonds. The van der Waals surface area contributed by atoms with Crippen LogP contribution in [0.15, 0.2) is 35.5 Å². The van der Waals surface area contributed by atoms with Crippen LogP contribution in [-0.2, 0) is 0 Å². The number of hydrogen-bond donors (Lipinski definition) is 2. The summed E-state index contributed by atoms with van der Waals surface area (Å²) in [7, 11) is 0. The molecule has 0 bridgehead atoms. The van der Waals surface area contributed by atoms with Crippen LogP contribution in [0.5, 0.6) is 0 Å². The van der Waals surface area contributed by atoms with Crippen molar-refractivity contribution < 1.29 is 5.11 Å². The average Bonchev–Trinajstić information content (AvgIpc) is 2.95. The standard InChI is InChI=1S/C13H19N5OS/c1-2-8-14-9-12(19)10-20-13-15-16-17-18(13)11-6-4-3-5-7-11/h3-7,12,14,19H,2,8-10H2,1H3. The topological polar surface area (TPSA) is 75.9 Å². The second-order valence-electron chi connectivity index (χ2n) is 4.38. The Morgan fingerprint density at radius 3 is 2.90 bits per heavy atom. The van der Waals surface area contributed by atoms with E-state index in [4.69, 9.17) is 0 Å². The number of nitrogens with one attached hydrogen (secondary N) is 1. The Labute approximate surface area is 122 Å². The lowest BCUT2D eigenvalue weighted by molar-refractivity contribution is 0.196. The fourth-order valence-corrected chi connectivity index (χ4v) is 2.49. The van der Waals surface area contributed by atoms with E-state index in [-0.39, 0.29) is 0 Å². The molecular weight excluding hydrogens is 274 g/mol. The molecule has 1 heterocycles. The van der Waals surface area contributed by atoms with Crippen LogP contribution in [0.3, 0.4) is 0 Å². The molecular formula is C13H19N5OS. The van der Waals surface area contributed by atoms with E-state index < -0.39 is 6.10 Å². The van der Waals surface area contributed by atoms with Gasteiger partial charge in [0.15, 0.2) is 0 Å². The molecule has 0 saturated heterocycles. The molecule has 1 aromatic heterocycles. The zero-order chi connectivity index (χ0) is 14.2. The van der Waals surface area contributed by atoms with Gasteiger partial charge in [-0.2, -0.15) is 4.68 Å². The van der Waals surface area contributed by atoms with Crippen LogP contribution in [0, 0.1) is 0 Å². The van der Waals surface area contributed by atoms with Crippen molar-refractivity contribution in [2.45, 2.75) is 24.6 Å². The molecule has 6 nitrogen and oxygen atoms in total. The summed E-state index contributed by atoms with van der Waals surface area (Å²) < 4.78 is 1.68. The van der Waals surface area contributed by atoms with Crippen molar-refractivity contribution in [3.05, 3.63) is 30.3 Å². The van der Waals surface area contributed by atoms with E-state index in [0.717, 1.165) is 18.7 Å². The molecule has 0 fully saturated rings. The molecule has 20 heavy (non-hydrogen) atoms. The van der Waals surface area contributed by atoms with Gasteiger partial charge >= 0.3 is 0 Å². The SMILES string of the molecule is CCCNCC(O)CSc1nnnn1-c1ccccc1. The van der Waals surface area contributed by atoms with E-state index in [1.165, 1.54) is 11.8 Å². The lowest BCUT2D eigenvalue weighted by atomic mass is 10.3. The number of thioether (sulfide) groups is 1. The van der Waals surface area contributed by atoms with Gasteiger partial charge in [-0.3, -0.25) is 0 Å². The molecule has 2 N–H and O–H groups in total. The number of nitrogens with zero attached hydrogens (tertiary/aromatic N) is 4. The van der Waals surface area contributed by atoms with E-state index >= 15 is 0 Å². The maximum atomic E-state index is 9.87. The number of para-hydroxylation sites is 1. The van der Waals surface area contributed by atoms with Crippen LogP contribution in [0.2, 0.25) is 0 Å². The third kappa shape index (κ3) is 4.29. The molecule has 0 spiro atoms. The Morgan fingerprint density at radius 2 is 2.15 bits per heavy atom. The minimum absolute atomic E-state index is 0.410. The highest BCUT2D eigenvalue weighted by atomic mass is 32.2. The molecule has 108 valence electrons. The lowest BCUT2D eigenvalue weighted by Gasteiger charge is -2.10. The Kier molecular flexibility index (Phi) is 5.97. The largest absolute Gasteiger partial charge is 0.391 e. The summed E-state index contributed by atoms with van der Waals surface area (Å²) in [5.41, 5.74) is 0.915. The molecule has 0 radical (unpaired) electrons. The second-order valence-corrected chi connectivity index (χ2v) is 5.36. The predicted octanol–water partition coefficient (Wildman–Crippen LogP) is 1.11. The van der Waals surface area contributed by atoms with Gasteiger partial charge in [0, 0.05) is 12.3 Å². The van der Waals surface area contributed by atoms with E-state index in [2.05, 4.69) is 27.8 Å². The summed E-state index contributed by atoms with van der Waals surface area (Å²) in [6.45, 7) is 3.61. The fraction of sp³-hybridized carbons (Fsp3) is 0.462. The van der Waals surface area contributed by atoms with E-state index in [1.807, 2.05) is 30.3 Å². The molecule has 1 aromatic carbocycles. The summed E-state index contributed by atoms with van der Waals surface area (Å²) in [6.07, 6.45) is 0.652. The number of aliphatic hydroxyl groups excluding tert-OH is 1. The molecule has 0 aliphatic carbocycles. The Morgan fingerprint density at radius 1 is 1.35 bits per heavy atom. The third-order valence-corrected chi connectivity index (χ3v) is 3.72. The molecule has 0 aliphatic rings. The van der Waals surface area contributed by atoms with E-state index in [1.54, 1.807) is 4.68 Å². The van der Waals surface area contributed by atoms with Gasteiger partial charge in [0.05, 0.1) is 11.8 Å². The average molecular weight is 293 g/mol. The second kappa shape index (κ2) is 7.98. The molecule has 1 atom stereocenters. The maximum Gasteiger partial charge on any atom is 0.214 e. The zero-order valence-corrected chi connectivity index (χ0v) is 12.3. The third-order valence-electron chi connectivity index (χ3n) is 2.65. The van der Waals surface area contributed by atoms with Gasteiger partial charge in [-0.05, 0) is 35.5 Å². The van der Waals surface area contributed by atoms with Crippen LogP contribution in [0.1, 0.15) is 13.3 Å². The Balaban J connectivity index is 1.90. The zero-order valence-electron chi connectivity index (χ0n) is 11.4. The number of tetrazole rings is 1. The summed E-state index contributed by atoms with van der Waals surface area (Å²) in [4.78, 5) is 0. The van der Waals surface area contributed by atoms with Crippen molar-refractivity contribution in [3.63, 3.8) is 0 Å². The van der Waals surface area contributed by atoms with Gasteiger partial charge in [-0.1, -0.05) is 36.9 Å². The number of aromatic nitrogens is 4. The normalized spacial score (nSPS) is 12.5. The summed E-state index contributed by atoms with van der Waals surface area (Å²) in [6, 6.07) is 9.72. The van der Waals surface area contributed by atoms with E-state index in [9.17, 15) is 5.11 Å². The van der Waals surface area contributed by atoms with Crippen LogP contribution in [-0.4, -0.2) is 50.3 Å². The first-order valence-corrected chi connectivity index (χ1v) is 7.65. The van der Waals surface area contributed by atoms with Crippen molar-refractivity contribution >= 4 is 11.8 Å². The highest BCUT2D eigenvalue weighted by Gasteiger charge is 2.11. The first-order chi connectivity index (χ1) is 9.81. The van der Waals surface area contributed by atoms with Crippen LogP contribution < -0.4 is 5.32 Å². The van der Waals surface area contributed by atoms with Crippen LogP contribution in [0.4, 0.5) is 0 Å². The fourth-order valence-electron chi connectivity index (χ4n) is 1.68. The molecule has 0 saturated carbocycles. The molecule has 2 rings (SSSR count). The smallest absolute Gasteiger partial charge is 0.214 e. The number of aliphatic hydroxyl groups is 1. The van der Waals surface area contributed by atoms with Gasteiger partial charge in [-0.15, -0.1) is 5.10 Å². The van der Waals surface area contributed by atoms with Gasteiger partial charge < -0.3 is 10.4 Å². The Hall–Kier alpha value is -1.44. The molecule has 0 aliphatic heterocycles. The monoisotopic (exact) mass is 293 g/mol. The van der Waals surface area contributed by atoms with Gasteiger partial charge in [0.1, 0.15) is 0 Å². The minimum atomic E-state index is -0.410. The molecule has 1 unspecified atom stereocenters. The summed E-state index contributed by atoms with van der Waals surface area (Å²) >= 11 is 1.45. The van der Waals surface area contributed by atoms with Gasteiger partial charge in [0.25, 0.3) is 0 Å². The summed E-state index contributed by atoms with van der Waals surface area (Å²) in [5.74, 6) is 0.559. The minimum Gasteiger partial charge on any atom is -0.391 e. The summed E-state index contributed by atoms with van der Waals surface area (Å²) in [5, 5.41) is 25.4. The number of rotatable bonds is 8. The highest BCUT2D eigenvalue weighted by Crippen LogP contribution is 2.18.